The highest BCUT2D eigenvalue weighted by Gasteiger charge is 2.25. The minimum atomic E-state index is 0.424. The van der Waals surface area contributed by atoms with E-state index in [0.29, 0.717) is 4.99 Å². The Morgan fingerprint density at radius 1 is 1.40 bits per heavy atom. The second-order valence-electron chi connectivity index (χ2n) is 5.40. The lowest BCUT2D eigenvalue weighted by atomic mass is 10.1. The van der Waals surface area contributed by atoms with Gasteiger partial charge in [-0.05, 0) is 37.8 Å². The first-order chi connectivity index (χ1) is 9.69. The Balaban J connectivity index is 2.09. The second-order valence-corrected chi connectivity index (χ2v) is 5.84. The Labute approximate surface area is 124 Å². The van der Waals surface area contributed by atoms with Crippen LogP contribution in [0.2, 0.25) is 0 Å². The minimum absolute atomic E-state index is 0.424. The fraction of sp³-hybridized carbons (Fsp3) is 0.375. The molecular formula is C16H19N3S. The summed E-state index contributed by atoms with van der Waals surface area (Å²) in [6.45, 7) is 4.14. The number of nitrogens with two attached hydrogens (primary N) is 1. The molecule has 0 atom stereocenters. The molecule has 0 bridgehead atoms. The summed E-state index contributed by atoms with van der Waals surface area (Å²) in [5.41, 5.74) is 7.80. The number of anilines is 1. The van der Waals surface area contributed by atoms with Gasteiger partial charge in [0.05, 0.1) is 11.1 Å². The van der Waals surface area contributed by atoms with Gasteiger partial charge in [0.15, 0.2) is 0 Å². The molecule has 0 unspecified atom stereocenters. The number of fused-ring (bicyclic) bond motifs is 1. The van der Waals surface area contributed by atoms with Gasteiger partial charge in [-0.25, -0.2) is 4.98 Å². The van der Waals surface area contributed by atoms with Gasteiger partial charge in [0, 0.05) is 18.5 Å². The van der Waals surface area contributed by atoms with E-state index in [2.05, 4.69) is 17.9 Å². The Bertz CT molecular complexity index is 649. The van der Waals surface area contributed by atoms with Gasteiger partial charge in [-0.1, -0.05) is 30.4 Å². The molecule has 1 aliphatic rings. The van der Waals surface area contributed by atoms with E-state index in [1.165, 1.54) is 12.8 Å². The van der Waals surface area contributed by atoms with E-state index >= 15 is 0 Å². The van der Waals surface area contributed by atoms with Crippen LogP contribution in [0.1, 0.15) is 25.3 Å². The van der Waals surface area contributed by atoms with E-state index in [-0.39, 0.29) is 0 Å². The number of rotatable bonds is 5. The highest BCUT2D eigenvalue weighted by molar-refractivity contribution is 7.80. The van der Waals surface area contributed by atoms with E-state index in [0.717, 1.165) is 41.3 Å². The SMILES string of the molecule is CCN(CC1CC1)c1nc2ccccc2cc1C(N)=S. The average molecular weight is 285 g/mol. The molecule has 0 spiro atoms. The maximum Gasteiger partial charge on any atom is 0.139 e. The number of hydrogen-bond acceptors (Lipinski definition) is 3. The molecule has 1 aromatic heterocycles. The number of hydrogen-bond donors (Lipinski definition) is 1. The molecule has 1 aliphatic carbocycles. The largest absolute Gasteiger partial charge is 0.389 e. The summed E-state index contributed by atoms with van der Waals surface area (Å²) in [5.74, 6) is 1.74. The van der Waals surface area contributed by atoms with E-state index in [9.17, 15) is 0 Å². The zero-order valence-electron chi connectivity index (χ0n) is 11.7. The first kappa shape index (κ1) is 13.3. The molecule has 0 amide bonds. The first-order valence-corrected chi connectivity index (χ1v) is 7.54. The lowest BCUT2D eigenvalue weighted by molar-refractivity contribution is 0.733. The molecular weight excluding hydrogens is 266 g/mol. The van der Waals surface area contributed by atoms with Gasteiger partial charge in [0.2, 0.25) is 0 Å². The molecule has 1 fully saturated rings. The summed E-state index contributed by atoms with van der Waals surface area (Å²) in [6, 6.07) is 10.2. The van der Waals surface area contributed by atoms with Crippen LogP contribution in [0.3, 0.4) is 0 Å². The van der Waals surface area contributed by atoms with Crippen molar-refractivity contribution in [2.75, 3.05) is 18.0 Å². The molecule has 1 saturated carbocycles. The standard InChI is InChI=1S/C16H19N3S/c1-2-19(10-11-7-8-11)16-13(15(17)20)9-12-5-3-4-6-14(12)18-16/h3-6,9,11H,2,7-8,10H2,1H3,(H2,17,20). The van der Waals surface area contributed by atoms with Gasteiger partial charge in [-0.3, -0.25) is 0 Å². The minimum Gasteiger partial charge on any atom is -0.389 e. The normalized spacial score (nSPS) is 14.4. The van der Waals surface area contributed by atoms with Gasteiger partial charge in [0.1, 0.15) is 10.8 Å². The smallest absolute Gasteiger partial charge is 0.139 e. The van der Waals surface area contributed by atoms with Crippen molar-refractivity contribution >= 4 is 33.9 Å². The molecule has 20 heavy (non-hydrogen) atoms. The fourth-order valence-electron chi connectivity index (χ4n) is 2.51. The Hall–Kier alpha value is -1.68. The van der Waals surface area contributed by atoms with Crippen molar-refractivity contribution in [3.05, 3.63) is 35.9 Å². The molecule has 4 heteroatoms. The molecule has 3 nitrogen and oxygen atoms in total. The predicted octanol–water partition coefficient (Wildman–Crippen LogP) is 3.11. The van der Waals surface area contributed by atoms with E-state index in [4.69, 9.17) is 22.9 Å². The van der Waals surface area contributed by atoms with Crippen LogP contribution >= 0.6 is 12.2 Å². The lowest BCUT2D eigenvalue weighted by Crippen LogP contribution is -2.29. The second kappa shape index (κ2) is 5.37. The molecule has 0 radical (unpaired) electrons. The van der Waals surface area contributed by atoms with Crippen LogP contribution in [-0.2, 0) is 0 Å². The Kier molecular flexibility index (Phi) is 3.57. The van der Waals surface area contributed by atoms with Gasteiger partial charge < -0.3 is 10.6 Å². The molecule has 2 N–H and O–H groups in total. The van der Waals surface area contributed by atoms with Crippen LogP contribution in [-0.4, -0.2) is 23.1 Å². The first-order valence-electron chi connectivity index (χ1n) is 7.13. The van der Waals surface area contributed by atoms with Crippen molar-refractivity contribution in [1.82, 2.24) is 4.98 Å². The van der Waals surface area contributed by atoms with Crippen molar-refractivity contribution in [3.63, 3.8) is 0 Å². The van der Waals surface area contributed by atoms with Crippen LogP contribution in [0, 0.1) is 5.92 Å². The van der Waals surface area contributed by atoms with E-state index in [1.54, 1.807) is 0 Å². The molecule has 104 valence electrons. The fourth-order valence-corrected chi connectivity index (χ4v) is 2.66. The monoisotopic (exact) mass is 285 g/mol. The number of nitrogens with zero attached hydrogens (tertiary/aromatic N) is 2. The third-order valence-corrected chi connectivity index (χ3v) is 4.05. The van der Waals surface area contributed by atoms with Crippen LogP contribution in [0.5, 0.6) is 0 Å². The van der Waals surface area contributed by atoms with Crippen LogP contribution in [0.15, 0.2) is 30.3 Å². The van der Waals surface area contributed by atoms with Gasteiger partial charge in [-0.15, -0.1) is 0 Å². The summed E-state index contributed by atoms with van der Waals surface area (Å²) in [5, 5.41) is 1.08. The maximum absolute atomic E-state index is 5.91. The third-order valence-electron chi connectivity index (χ3n) is 3.83. The average Bonchev–Trinajstić information content (AvgIpc) is 3.27. The number of aromatic nitrogens is 1. The van der Waals surface area contributed by atoms with Gasteiger partial charge in [0.25, 0.3) is 0 Å². The van der Waals surface area contributed by atoms with Crippen LogP contribution in [0.25, 0.3) is 10.9 Å². The molecule has 0 saturated heterocycles. The summed E-state index contributed by atoms with van der Waals surface area (Å²) in [4.78, 5) is 7.53. The summed E-state index contributed by atoms with van der Waals surface area (Å²) in [7, 11) is 0. The van der Waals surface area contributed by atoms with E-state index in [1.807, 2.05) is 24.3 Å². The quantitative estimate of drug-likeness (QED) is 0.857. The lowest BCUT2D eigenvalue weighted by Gasteiger charge is -2.24. The topological polar surface area (TPSA) is 42.2 Å². The Morgan fingerprint density at radius 3 is 2.80 bits per heavy atom. The zero-order valence-corrected chi connectivity index (χ0v) is 12.5. The maximum atomic E-state index is 5.91. The number of pyridine rings is 1. The highest BCUT2D eigenvalue weighted by atomic mass is 32.1. The molecule has 2 aromatic rings. The third kappa shape index (κ3) is 2.61. The van der Waals surface area contributed by atoms with Crippen molar-refractivity contribution in [1.29, 1.82) is 0 Å². The zero-order chi connectivity index (χ0) is 14.1. The van der Waals surface area contributed by atoms with Crippen molar-refractivity contribution in [2.24, 2.45) is 11.7 Å². The number of para-hydroxylation sites is 1. The van der Waals surface area contributed by atoms with Crippen LogP contribution in [0.4, 0.5) is 5.82 Å². The van der Waals surface area contributed by atoms with Gasteiger partial charge >= 0.3 is 0 Å². The van der Waals surface area contributed by atoms with Crippen molar-refractivity contribution in [2.45, 2.75) is 19.8 Å². The highest BCUT2D eigenvalue weighted by Crippen LogP contribution is 2.32. The summed E-state index contributed by atoms with van der Waals surface area (Å²) in [6.07, 6.45) is 2.65. The van der Waals surface area contributed by atoms with Crippen molar-refractivity contribution < 1.29 is 0 Å². The predicted molar refractivity (Wildman–Crippen MR) is 88.2 cm³/mol. The van der Waals surface area contributed by atoms with E-state index < -0.39 is 0 Å². The van der Waals surface area contributed by atoms with Crippen molar-refractivity contribution in [3.8, 4) is 0 Å². The number of benzene rings is 1. The molecule has 1 heterocycles. The van der Waals surface area contributed by atoms with Crippen LogP contribution < -0.4 is 10.6 Å². The summed E-state index contributed by atoms with van der Waals surface area (Å²) < 4.78 is 0. The Morgan fingerprint density at radius 2 is 2.15 bits per heavy atom. The molecule has 1 aromatic carbocycles. The molecule has 0 aliphatic heterocycles. The number of thiocarbonyl (C=S) groups is 1. The molecule has 3 rings (SSSR count). The van der Waals surface area contributed by atoms with Gasteiger partial charge in [-0.2, -0.15) is 0 Å². The summed E-state index contributed by atoms with van der Waals surface area (Å²) >= 11 is 5.22.